The van der Waals surface area contributed by atoms with Crippen LogP contribution in [-0.4, -0.2) is 5.84 Å². The Hall–Kier alpha value is -1.71. The van der Waals surface area contributed by atoms with E-state index >= 15 is 0 Å². The molecule has 2 rings (SSSR count). The molecule has 0 bridgehead atoms. The van der Waals surface area contributed by atoms with Crippen molar-refractivity contribution >= 4 is 29.0 Å². The van der Waals surface area contributed by atoms with Crippen LogP contribution in [0.2, 0.25) is 10.0 Å². The third kappa shape index (κ3) is 3.63. The van der Waals surface area contributed by atoms with Gasteiger partial charge >= 0.3 is 0 Å². The minimum absolute atomic E-state index is 0.0221. The van der Waals surface area contributed by atoms with Gasteiger partial charge in [0.2, 0.25) is 0 Å². The number of benzene rings is 2. The molecule has 0 spiro atoms. The topological polar surface area (TPSA) is 59.1 Å². The quantitative estimate of drug-likeness (QED) is 0.664. The van der Waals surface area contributed by atoms with Gasteiger partial charge in [0.05, 0.1) is 5.02 Å². The first kappa shape index (κ1) is 13.7. The van der Waals surface area contributed by atoms with Crippen LogP contribution in [-0.2, 0) is 6.61 Å². The van der Waals surface area contributed by atoms with Gasteiger partial charge in [0.25, 0.3) is 0 Å². The van der Waals surface area contributed by atoms with Crippen molar-refractivity contribution in [2.45, 2.75) is 6.61 Å². The van der Waals surface area contributed by atoms with Crippen LogP contribution in [0.4, 0.5) is 0 Å². The van der Waals surface area contributed by atoms with Crippen molar-refractivity contribution in [1.82, 2.24) is 0 Å². The van der Waals surface area contributed by atoms with Gasteiger partial charge in [-0.25, -0.2) is 0 Å². The molecule has 19 heavy (non-hydrogen) atoms. The van der Waals surface area contributed by atoms with E-state index in [-0.39, 0.29) is 5.84 Å². The van der Waals surface area contributed by atoms with E-state index in [0.29, 0.717) is 28.0 Å². The van der Waals surface area contributed by atoms with E-state index in [1.165, 1.54) is 0 Å². The highest BCUT2D eigenvalue weighted by molar-refractivity contribution is 6.32. The van der Waals surface area contributed by atoms with Gasteiger partial charge in [0.15, 0.2) is 0 Å². The Bertz CT molecular complexity index is 597. The van der Waals surface area contributed by atoms with Gasteiger partial charge < -0.3 is 10.5 Å². The number of nitrogens with one attached hydrogen (secondary N) is 1. The predicted molar refractivity (Wildman–Crippen MR) is 78.3 cm³/mol. The number of nitrogens with two attached hydrogens (primary N) is 1. The summed E-state index contributed by atoms with van der Waals surface area (Å²) < 4.78 is 5.61. The lowest BCUT2D eigenvalue weighted by molar-refractivity contribution is 0.306. The van der Waals surface area contributed by atoms with Crippen molar-refractivity contribution in [2.75, 3.05) is 0 Å². The van der Waals surface area contributed by atoms with Gasteiger partial charge in [0.1, 0.15) is 18.2 Å². The smallest absolute Gasteiger partial charge is 0.138 e. The largest absolute Gasteiger partial charge is 0.487 e. The highest BCUT2D eigenvalue weighted by Crippen LogP contribution is 2.26. The van der Waals surface area contributed by atoms with E-state index in [2.05, 4.69) is 0 Å². The number of hydrogen-bond acceptors (Lipinski definition) is 2. The van der Waals surface area contributed by atoms with Gasteiger partial charge in [-0.2, -0.15) is 0 Å². The summed E-state index contributed by atoms with van der Waals surface area (Å²) in [5.41, 5.74) is 6.95. The molecule has 0 unspecified atom stereocenters. The summed E-state index contributed by atoms with van der Waals surface area (Å²) in [6, 6.07) is 12.4. The Labute approximate surface area is 121 Å². The van der Waals surface area contributed by atoms with Crippen molar-refractivity contribution in [3.8, 4) is 5.75 Å². The Kier molecular flexibility index (Phi) is 4.30. The number of nitrogen functional groups attached to an aromatic ring is 1. The Morgan fingerprint density at radius 2 is 1.79 bits per heavy atom. The van der Waals surface area contributed by atoms with Crippen LogP contribution in [0.25, 0.3) is 0 Å². The summed E-state index contributed by atoms with van der Waals surface area (Å²) >= 11 is 11.9. The van der Waals surface area contributed by atoms with Crippen LogP contribution in [0.1, 0.15) is 11.1 Å². The maximum atomic E-state index is 7.32. The highest BCUT2D eigenvalue weighted by atomic mass is 35.5. The summed E-state index contributed by atoms with van der Waals surface area (Å²) in [5.74, 6) is 0.535. The van der Waals surface area contributed by atoms with Crippen LogP contribution >= 0.6 is 23.2 Å². The molecule has 2 aromatic rings. The van der Waals surface area contributed by atoms with Crippen molar-refractivity contribution in [1.29, 1.82) is 5.41 Å². The van der Waals surface area contributed by atoms with E-state index in [1.54, 1.807) is 30.3 Å². The van der Waals surface area contributed by atoms with Crippen LogP contribution in [0.3, 0.4) is 0 Å². The minimum atomic E-state index is -0.0221. The molecule has 0 saturated carbocycles. The fourth-order valence-corrected chi connectivity index (χ4v) is 1.89. The normalized spacial score (nSPS) is 10.2. The lowest BCUT2D eigenvalue weighted by Gasteiger charge is -2.09. The van der Waals surface area contributed by atoms with Crippen LogP contribution in [0.5, 0.6) is 5.75 Å². The molecule has 0 fully saturated rings. The first-order valence-electron chi connectivity index (χ1n) is 5.57. The first-order valence-corrected chi connectivity index (χ1v) is 6.33. The Morgan fingerprint density at radius 3 is 2.37 bits per heavy atom. The Morgan fingerprint density at radius 1 is 1.11 bits per heavy atom. The van der Waals surface area contributed by atoms with Crippen molar-refractivity contribution in [2.24, 2.45) is 5.73 Å². The van der Waals surface area contributed by atoms with Crippen LogP contribution < -0.4 is 10.5 Å². The van der Waals surface area contributed by atoms with Gasteiger partial charge in [-0.1, -0.05) is 35.3 Å². The zero-order valence-corrected chi connectivity index (χ0v) is 11.5. The number of amidine groups is 1. The minimum Gasteiger partial charge on any atom is -0.487 e. The summed E-state index contributed by atoms with van der Waals surface area (Å²) in [7, 11) is 0. The molecule has 98 valence electrons. The molecule has 0 saturated heterocycles. The van der Waals surface area contributed by atoms with Crippen molar-refractivity contribution in [3.05, 3.63) is 63.6 Å². The van der Waals surface area contributed by atoms with E-state index in [4.69, 9.17) is 39.1 Å². The number of hydrogen-bond donors (Lipinski definition) is 2. The summed E-state index contributed by atoms with van der Waals surface area (Å²) in [6.45, 7) is 0.399. The predicted octanol–water partition coefficient (Wildman–Crippen LogP) is 3.86. The third-order valence-corrected chi connectivity index (χ3v) is 3.10. The first-order chi connectivity index (χ1) is 9.06. The standard InChI is InChI=1S/C14H12Cl2N2O/c15-11-4-1-9(2-5-11)8-19-13-6-3-10(14(17)18)7-12(13)16/h1-7H,8H2,(H3,17,18). The van der Waals surface area contributed by atoms with Crippen molar-refractivity contribution in [3.63, 3.8) is 0 Å². The maximum absolute atomic E-state index is 7.32. The van der Waals surface area contributed by atoms with Crippen LogP contribution in [0.15, 0.2) is 42.5 Å². The second-order valence-corrected chi connectivity index (χ2v) is 4.82. The fourth-order valence-electron chi connectivity index (χ4n) is 1.53. The highest BCUT2D eigenvalue weighted by Gasteiger charge is 2.05. The van der Waals surface area contributed by atoms with E-state index < -0.39 is 0 Å². The van der Waals surface area contributed by atoms with Gasteiger partial charge in [-0.15, -0.1) is 0 Å². The molecule has 0 heterocycles. The van der Waals surface area contributed by atoms with E-state index in [1.807, 2.05) is 12.1 Å². The summed E-state index contributed by atoms with van der Waals surface area (Å²) in [4.78, 5) is 0. The molecule has 0 aliphatic rings. The molecule has 0 amide bonds. The molecule has 0 aromatic heterocycles. The SMILES string of the molecule is N=C(N)c1ccc(OCc2ccc(Cl)cc2)c(Cl)c1. The number of rotatable bonds is 4. The molecule has 3 N–H and O–H groups in total. The summed E-state index contributed by atoms with van der Waals surface area (Å²) in [5, 5.41) is 8.44. The molecular weight excluding hydrogens is 283 g/mol. The second-order valence-electron chi connectivity index (χ2n) is 3.97. The molecule has 0 radical (unpaired) electrons. The van der Waals surface area contributed by atoms with Crippen LogP contribution in [0, 0.1) is 5.41 Å². The second kappa shape index (κ2) is 5.95. The average molecular weight is 295 g/mol. The zero-order valence-electron chi connectivity index (χ0n) is 9.99. The molecule has 0 atom stereocenters. The zero-order chi connectivity index (χ0) is 13.8. The average Bonchev–Trinajstić information content (AvgIpc) is 2.39. The Balaban J connectivity index is 2.07. The lowest BCUT2D eigenvalue weighted by Crippen LogP contribution is -2.10. The lowest BCUT2D eigenvalue weighted by atomic mass is 10.2. The van der Waals surface area contributed by atoms with E-state index in [0.717, 1.165) is 5.56 Å². The van der Waals surface area contributed by atoms with Gasteiger partial charge in [0, 0.05) is 10.6 Å². The van der Waals surface area contributed by atoms with Crippen molar-refractivity contribution < 1.29 is 4.74 Å². The van der Waals surface area contributed by atoms with Gasteiger partial charge in [-0.3, -0.25) is 5.41 Å². The molecule has 0 aliphatic heterocycles. The van der Waals surface area contributed by atoms with E-state index in [9.17, 15) is 0 Å². The van der Waals surface area contributed by atoms with Gasteiger partial charge in [-0.05, 0) is 35.9 Å². The number of ether oxygens (including phenoxy) is 1. The molecular formula is C14H12Cl2N2O. The summed E-state index contributed by atoms with van der Waals surface area (Å²) in [6.07, 6.45) is 0. The molecule has 5 heteroatoms. The molecule has 0 aliphatic carbocycles. The third-order valence-electron chi connectivity index (χ3n) is 2.55. The molecule has 3 nitrogen and oxygen atoms in total. The monoisotopic (exact) mass is 294 g/mol. The molecule has 2 aromatic carbocycles. The maximum Gasteiger partial charge on any atom is 0.138 e. The number of halogens is 2. The fraction of sp³-hybridized carbons (Fsp3) is 0.0714.